The molecule has 3 rings (SSSR count). The van der Waals surface area contributed by atoms with Gasteiger partial charge in [-0.2, -0.15) is 13.2 Å². The average molecular weight is 389 g/mol. The Kier molecular flexibility index (Phi) is 4.64. The van der Waals surface area contributed by atoms with Crippen molar-refractivity contribution in [2.24, 2.45) is 0 Å². The first-order chi connectivity index (χ1) is 11.6. The summed E-state index contributed by atoms with van der Waals surface area (Å²) in [7, 11) is 0. The van der Waals surface area contributed by atoms with E-state index < -0.39 is 12.3 Å². The van der Waals surface area contributed by atoms with Gasteiger partial charge in [0.05, 0.1) is 10.0 Å². The molecule has 2 nitrogen and oxygen atoms in total. The molecule has 1 heterocycles. The van der Waals surface area contributed by atoms with E-state index >= 15 is 0 Å². The molecule has 0 spiro atoms. The van der Waals surface area contributed by atoms with Gasteiger partial charge in [0.25, 0.3) is 0 Å². The topological polar surface area (TPSA) is 18.5 Å². The quantitative estimate of drug-likeness (QED) is 0.566. The van der Waals surface area contributed by atoms with Crippen LogP contribution in [0.5, 0.6) is 17.2 Å². The van der Waals surface area contributed by atoms with Crippen LogP contribution in [0.25, 0.3) is 6.08 Å². The molecule has 1 aliphatic heterocycles. The fraction of sp³-hybridized carbons (Fsp3) is 0.222. The molecule has 0 unspecified atom stereocenters. The number of aryl methyl sites for hydroxylation is 2. The Hall–Kier alpha value is -1.85. The van der Waals surface area contributed by atoms with E-state index in [9.17, 15) is 13.2 Å². The minimum atomic E-state index is -4.49. The summed E-state index contributed by atoms with van der Waals surface area (Å²) < 4.78 is 49.3. The van der Waals surface area contributed by atoms with Gasteiger partial charge >= 0.3 is 6.18 Å². The summed E-state index contributed by atoms with van der Waals surface area (Å²) in [5, 5.41) is 0.623. The summed E-state index contributed by atoms with van der Waals surface area (Å²) in [6, 6.07) is 6.32. The highest BCUT2D eigenvalue weighted by molar-refractivity contribution is 6.33. The fourth-order valence-electron chi connectivity index (χ4n) is 2.35. The van der Waals surface area contributed by atoms with Gasteiger partial charge in [-0.25, -0.2) is 0 Å². The highest BCUT2D eigenvalue weighted by atomic mass is 35.5. The molecule has 0 bridgehead atoms. The highest BCUT2D eigenvalue weighted by Crippen LogP contribution is 2.41. The second-order valence-corrected chi connectivity index (χ2v) is 6.54. The molecular formula is C18H13Cl2F3O2. The van der Waals surface area contributed by atoms with E-state index in [4.69, 9.17) is 32.7 Å². The van der Waals surface area contributed by atoms with E-state index in [0.717, 1.165) is 17.2 Å². The summed E-state index contributed by atoms with van der Waals surface area (Å²) in [6.45, 7) is 3.81. The third kappa shape index (κ3) is 3.72. The zero-order chi connectivity index (χ0) is 18.4. The molecule has 0 aliphatic carbocycles. The number of fused-ring (bicyclic) bond motifs is 1. The maximum atomic E-state index is 12.8. The van der Waals surface area contributed by atoms with Crippen LogP contribution >= 0.6 is 23.2 Å². The molecule has 0 fully saturated rings. The number of ether oxygens (including phenoxy) is 2. The molecule has 0 amide bonds. The van der Waals surface area contributed by atoms with E-state index in [-0.39, 0.29) is 16.5 Å². The first-order valence-electron chi connectivity index (χ1n) is 7.35. The van der Waals surface area contributed by atoms with Gasteiger partial charge in [-0.15, -0.1) is 0 Å². The maximum absolute atomic E-state index is 12.8. The van der Waals surface area contributed by atoms with Crippen molar-refractivity contribution >= 4 is 29.3 Å². The molecule has 25 heavy (non-hydrogen) atoms. The van der Waals surface area contributed by atoms with Crippen molar-refractivity contribution in [2.75, 3.05) is 0 Å². The fourth-order valence-corrected chi connectivity index (χ4v) is 2.82. The molecule has 2 aromatic carbocycles. The van der Waals surface area contributed by atoms with E-state index in [1.807, 2.05) is 13.8 Å². The van der Waals surface area contributed by atoms with Crippen LogP contribution in [-0.4, -0.2) is 12.3 Å². The van der Waals surface area contributed by atoms with Gasteiger partial charge in [0.15, 0.2) is 0 Å². The van der Waals surface area contributed by atoms with E-state index in [0.29, 0.717) is 16.3 Å². The third-order valence-electron chi connectivity index (χ3n) is 3.86. The van der Waals surface area contributed by atoms with Crippen molar-refractivity contribution in [3.63, 3.8) is 0 Å². The Balaban J connectivity index is 1.95. The van der Waals surface area contributed by atoms with Crippen molar-refractivity contribution in [1.82, 2.24) is 0 Å². The molecule has 0 saturated carbocycles. The predicted molar refractivity (Wildman–Crippen MR) is 92.0 cm³/mol. The van der Waals surface area contributed by atoms with E-state index in [1.165, 1.54) is 18.2 Å². The molecular weight excluding hydrogens is 376 g/mol. The lowest BCUT2D eigenvalue weighted by atomic mass is 10.1. The summed E-state index contributed by atoms with van der Waals surface area (Å²) in [6.07, 6.45) is -4.22. The average Bonchev–Trinajstić information content (AvgIpc) is 2.51. The number of hydrogen-bond acceptors (Lipinski definition) is 2. The normalized spacial score (nSPS) is 16.4. The van der Waals surface area contributed by atoms with Gasteiger partial charge in [0.2, 0.25) is 6.10 Å². The molecule has 0 aromatic heterocycles. The van der Waals surface area contributed by atoms with Gasteiger partial charge in [-0.3, -0.25) is 0 Å². The van der Waals surface area contributed by atoms with Crippen LogP contribution in [0.15, 0.2) is 30.3 Å². The van der Waals surface area contributed by atoms with Crippen molar-refractivity contribution in [3.8, 4) is 17.2 Å². The van der Waals surface area contributed by atoms with Crippen molar-refractivity contribution < 1.29 is 22.6 Å². The number of benzene rings is 2. The van der Waals surface area contributed by atoms with Crippen LogP contribution in [-0.2, 0) is 0 Å². The van der Waals surface area contributed by atoms with Crippen molar-refractivity contribution in [1.29, 1.82) is 0 Å². The number of rotatable bonds is 2. The third-order valence-corrected chi connectivity index (χ3v) is 4.45. The summed E-state index contributed by atoms with van der Waals surface area (Å²) in [4.78, 5) is 0. The predicted octanol–water partition coefficient (Wildman–Crippen LogP) is 6.74. The standard InChI is InChI=1S/C18H13Cl2F3O2/c1-9-5-12(19)15(6-10(9)2)24-16-8-14-11(7-13(16)20)3-4-17(25-14)18(21,22)23/h3-8,17H,1-2H3/t17-/m0/s1. The monoisotopic (exact) mass is 388 g/mol. The summed E-state index contributed by atoms with van der Waals surface area (Å²) in [5.41, 5.74) is 2.41. The molecule has 7 heteroatoms. The van der Waals surface area contributed by atoms with E-state index in [2.05, 4.69) is 0 Å². The van der Waals surface area contributed by atoms with Gasteiger partial charge in [-0.1, -0.05) is 29.3 Å². The number of halogens is 5. The van der Waals surface area contributed by atoms with Gasteiger partial charge in [0, 0.05) is 11.6 Å². The Bertz CT molecular complexity index is 860. The van der Waals surface area contributed by atoms with Crippen LogP contribution in [0, 0.1) is 13.8 Å². The Morgan fingerprint density at radius 3 is 2.24 bits per heavy atom. The van der Waals surface area contributed by atoms with Crippen LogP contribution in [0.3, 0.4) is 0 Å². The molecule has 1 atom stereocenters. The minimum Gasteiger partial charge on any atom is -0.476 e. The van der Waals surface area contributed by atoms with Crippen LogP contribution in [0.4, 0.5) is 13.2 Å². The van der Waals surface area contributed by atoms with Gasteiger partial charge in [0.1, 0.15) is 17.2 Å². The molecule has 2 aromatic rings. The Morgan fingerprint density at radius 2 is 1.56 bits per heavy atom. The molecule has 132 valence electrons. The largest absolute Gasteiger partial charge is 0.476 e. The Morgan fingerprint density at radius 1 is 0.960 bits per heavy atom. The lowest BCUT2D eigenvalue weighted by molar-refractivity contribution is -0.180. The lowest BCUT2D eigenvalue weighted by Gasteiger charge is -2.24. The molecule has 0 radical (unpaired) electrons. The summed E-state index contributed by atoms with van der Waals surface area (Å²) >= 11 is 12.4. The maximum Gasteiger partial charge on any atom is 0.429 e. The molecule has 0 N–H and O–H groups in total. The second-order valence-electron chi connectivity index (χ2n) is 5.73. The van der Waals surface area contributed by atoms with Gasteiger partial charge in [-0.05, 0) is 49.2 Å². The molecule has 1 aliphatic rings. The molecule has 0 saturated heterocycles. The zero-order valence-corrected chi connectivity index (χ0v) is 14.8. The minimum absolute atomic E-state index is 0.0455. The lowest BCUT2D eigenvalue weighted by Crippen LogP contribution is -2.33. The highest BCUT2D eigenvalue weighted by Gasteiger charge is 2.41. The number of hydrogen-bond donors (Lipinski definition) is 0. The van der Waals surface area contributed by atoms with Crippen LogP contribution < -0.4 is 9.47 Å². The van der Waals surface area contributed by atoms with Gasteiger partial charge < -0.3 is 9.47 Å². The van der Waals surface area contributed by atoms with Crippen LogP contribution in [0.2, 0.25) is 10.0 Å². The first kappa shape index (κ1) is 18.0. The smallest absolute Gasteiger partial charge is 0.429 e. The summed E-state index contributed by atoms with van der Waals surface area (Å²) in [5.74, 6) is 0.580. The second kappa shape index (κ2) is 6.46. The SMILES string of the molecule is Cc1cc(Cl)c(Oc2cc3c(cc2Cl)C=C[C@@H](C(F)(F)F)O3)cc1C. The Labute approximate surface area is 152 Å². The van der Waals surface area contributed by atoms with E-state index in [1.54, 1.807) is 12.1 Å². The number of alkyl halides is 3. The first-order valence-corrected chi connectivity index (χ1v) is 8.10. The van der Waals surface area contributed by atoms with Crippen LogP contribution in [0.1, 0.15) is 16.7 Å². The zero-order valence-electron chi connectivity index (χ0n) is 13.2. The van der Waals surface area contributed by atoms with Crippen molar-refractivity contribution in [3.05, 3.63) is 57.1 Å². The van der Waals surface area contributed by atoms with Crippen molar-refractivity contribution in [2.45, 2.75) is 26.1 Å².